The molecule has 5 atom stereocenters. The summed E-state index contributed by atoms with van der Waals surface area (Å²) in [5.74, 6) is 0.0503. The molecule has 0 bridgehead atoms. The molecule has 1 aliphatic heterocycles. The summed E-state index contributed by atoms with van der Waals surface area (Å²) in [5, 5.41) is 0.0726. The van der Waals surface area contributed by atoms with Gasteiger partial charge in [-0.2, -0.15) is 0 Å². The maximum atomic E-state index is 13.4. The van der Waals surface area contributed by atoms with E-state index in [1.807, 2.05) is 13.8 Å². The van der Waals surface area contributed by atoms with Crippen molar-refractivity contribution in [1.29, 1.82) is 0 Å². The van der Waals surface area contributed by atoms with Crippen LogP contribution >= 0.6 is 0 Å². The highest BCUT2D eigenvalue weighted by molar-refractivity contribution is 6.74. The molecule has 0 amide bonds. The van der Waals surface area contributed by atoms with Crippen LogP contribution in [0.25, 0.3) is 0 Å². The number of allylic oxidation sites excluding steroid dienone is 2. The Morgan fingerprint density at radius 2 is 1.88 bits per heavy atom. The molecule has 1 saturated carbocycles. The molecule has 0 aromatic rings. The highest BCUT2D eigenvalue weighted by Crippen LogP contribution is 2.43. The molecule has 2 unspecified atom stereocenters. The van der Waals surface area contributed by atoms with Gasteiger partial charge in [0, 0.05) is 31.3 Å². The highest BCUT2D eigenvalue weighted by Gasteiger charge is 2.46. The fourth-order valence-electron chi connectivity index (χ4n) is 5.30. The Morgan fingerprint density at radius 1 is 1.12 bits per heavy atom. The first kappa shape index (κ1) is 35.9. The van der Waals surface area contributed by atoms with Crippen LogP contribution in [0.1, 0.15) is 119 Å². The van der Waals surface area contributed by atoms with Gasteiger partial charge in [0.2, 0.25) is 0 Å². The van der Waals surface area contributed by atoms with Crippen molar-refractivity contribution in [2.45, 2.75) is 161 Å². The van der Waals surface area contributed by atoms with Crippen LogP contribution in [0.15, 0.2) is 24.3 Å². The number of ether oxygens (including phenoxy) is 3. The van der Waals surface area contributed by atoms with Crippen molar-refractivity contribution in [3.8, 4) is 0 Å². The van der Waals surface area contributed by atoms with Crippen LogP contribution in [0.2, 0.25) is 18.1 Å². The van der Waals surface area contributed by atoms with Gasteiger partial charge in [-0.1, -0.05) is 71.3 Å². The summed E-state index contributed by atoms with van der Waals surface area (Å²) in [6.45, 7) is 18.0. The van der Waals surface area contributed by atoms with Crippen LogP contribution in [0.5, 0.6) is 0 Å². The predicted octanol–water partition coefficient (Wildman–Crippen LogP) is 8.70. The second kappa shape index (κ2) is 17.7. The van der Waals surface area contributed by atoms with Gasteiger partial charge in [-0.15, -0.1) is 0 Å². The zero-order valence-corrected chi connectivity index (χ0v) is 28.4. The lowest BCUT2D eigenvalue weighted by Gasteiger charge is -2.39. The van der Waals surface area contributed by atoms with Crippen LogP contribution in [-0.2, 0) is 28.2 Å². The van der Waals surface area contributed by atoms with E-state index in [-0.39, 0.29) is 53.2 Å². The first-order valence-electron chi connectivity index (χ1n) is 16.3. The third kappa shape index (κ3) is 12.9. The van der Waals surface area contributed by atoms with E-state index in [2.05, 4.69) is 65.1 Å². The number of carbonyl (C=O) groups excluding carboxylic acids is 2. The number of unbranched alkanes of at least 4 members (excludes halogenated alkanes) is 3. The molecule has 2 fully saturated rings. The van der Waals surface area contributed by atoms with Gasteiger partial charge in [-0.05, 0) is 76.9 Å². The lowest BCUT2D eigenvalue weighted by Crippen LogP contribution is -2.45. The number of esters is 1. The molecule has 0 spiro atoms. The van der Waals surface area contributed by atoms with Crippen molar-refractivity contribution in [1.82, 2.24) is 0 Å². The van der Waals surface area contributed by atoms with Crippen molar-refractivity contribution in [2.75, 3.05) is 6.61 Å². The Bertz CT molecular complexity index is 837. The molecule has 236 valence electrons. The third-order valence-corrected chi connectivity index (χ3v) is 13.2. The molecule has 6 nitrogen and oxygen atoms in total. The van der Waals surface area contributed by atoms with E-state index in [0.29, 0.717) is 19.3 Å². The maximum Gasteiger partial charge on any atom is 0.306 e. The fraction of sp³-hybridized carbons (Fsp3) is 0.824. The minimum Gasteiger partial charge on any atom is -0.463 e. The van der Waals surface area contributed by atoms with E-state index in [1.165, 1.54) is 12.8 Å². The summed E-state index contributed by atoms with van der Waals surface area (Å²) >= 11 is 0. The van der Waals surface area contributed by atoms with Crippen LogP contribution in [-0.4, -0.2) is 51.3 Å². The molecule has 1 aliphatic carbocycles. The van der Waals surface area contributed by atoms with Gasteiger partial charge in [-0.25, -0.2) is 0 Å². The van der Waals surface area contributed by atoms with E-state index >= 15 is 0 Å². The standard InChI is InChI=1S/C34H60O6Si/c1-9-10-13-18-27(39-33-21-16-17-24-37-33)22-23-29-28(19-14-11-12-15-20-32(36)38-26(2)3)30(35)25-31(29)40-41(7,8)34(4,5)6/h11,14,22-23,26-29,31,33H,9-10,12-13,15-21,24-25H2,1-8H3/b14-11-,23-22+/t27?,28-,29-,31-,33?/m1/s1. The molecule has 1 heterocycles. The van der Waals surface area contributed by atoms with Gasteiger partial charge in [0.05, 0.1) is 18.3 Å². The van der Waals surface area contributed by atoms with Crippen molar-refractivity contribution in [3.63, 3.8) is 0 Å². The van der Waals surface area contributed by atoms with Crippen molar-refractivity contribution < 1.29 is 28.2 Å². The van der Waals surface area contributed by atoms with Crippen LogP contribution in [0.3, 0.4) is 0 Å². The van der Waals surface area contributed by atoms with Gasteiger partial charge >= 0.3 is 5.97 Å². The fourth-order valence-corrected chi connectivity index (χ4v) is 6.65. The van der Waals surface area contributed by atoms with Gasteiger partial charge in [0.1, 0.15) is 5.78 Å². The summed E-state index contributed by atoms with van der Waals surface area (Å²) < 4.78 is 24.4. The quantitative estimate of drug-likeness (QED) is 0.0728. The third-order valence-electron chi connectivity index (χ3n) is 8.74. The van der Waals surface area contributed by atoms with Crippen LogP contribution in [0.4, 0.5) is 0 Å². The Hall–Kier alpha value is -1.28. The molecule has 0 aromatic carbocycles. The van der Waals surface area contributed by atoms with Gasteiger partial charge in [0.15, 0.2) is 14.6 Å². The van der Waals surface area contributed by atoms with Crippen LogP contribution < -0.4 is 0 Å². The highest BCUT2D eigenvalue weighted by atomic mass is 28.4. The number of hydrogen-bond donors (Lipinski definition) is 0. The number of rotatable bonds is 17. The number of ketones is 1. The summed E-state index contributed by atoms with van der Waals surface area (Å²) in [6, 6.07) is 0. The van der Waals surface area contributed by atoms with E-state index in [9.17, 15) is 9.59 Å². The van der Waals surface area contributed by atoms with Crippen molar-refractivity contribution in [3.05, 3.63) is 24.3 Å². The molecule has 2 rings (SSSR count). The Labute approximate surface area is 252 Å². The largest absolute Gasteiger partial charge is 0.463 e. The Balaban J connectivity index is 2.14. The van der Waals surface area contributed by atoms with E-state index in [1.54, 1.807) is 0 Å². The summed E-state index contributed by atoms with van der Waals surface area (Å²) in [4.78, 5) is 25.2. The van der Waals surface area contributed by atoms with Crippen molar-refractivity contribution in [2.24, 2.45) is 11.8 Å². The zero-order chi connectivity index (χ0) is 30.5. The first-order chi connectivity index (χ1) is 19.3. The zero-order valence-electron chi connectivity index (χ0n) is 27.4. The topological polar surface area (TPSA) is 71.1 Å². The molecular formula is C34H60O6Si. The Morgan fingerprint density at radius 3 is 2.51 bits per heavy atom. The van der Waals surface area contributed by atoms with E-state index in [4.69, 9.17) is 18.6 Å². The summed E-state index contributed by atoms with van der Waals surface area (Å²) in [7, 11) is -2.06. The SMILES string of the molecule is CCCCCC(/C=C/[C@H]1[C@H](O[Si](C)(C)C(C)(C)C)CC(=O)[C@@H]1C/C=C\CCCC(=O)OC(C)C)OC1CCCCO1. The lowest BCUT2D eigenvalue weighted by atomic mass is 9.90. The average Bonchev–Trinajstić information content (AvgIpc) is 3.17. The first-order valence-corrected chi connectivity index (χ1v) is 19.2. The van der Waals surface area contributed by atoms with Gasteiger partial charge in [-0.3, -0.25) is 9.59 Å². The minimum atomic E-state index is -2.06. The summed E-state index contributed by atoms with van der Waals surface area (Å²) in [5.41, 5.74) is 0. The molecule has 0 aromatic heterocycles. The molecule has 0 N–H and O–H groups in total. The predicted molar refractivity (Wildman–Crippen MR) is 169 cm³/mol. The Kier molecular flexibility index (Phi) is 15.5. The molecule has 0 radical (unpaired) electrons. The lowest BCUT2D eigenvalue weighted by molar-refractivity contribution is -0.179. The number of hydrogen-bond acceptors (Lipinski definition) is 6. The molecule has 41 heavy (non-hydrogen) atoms. The van der Waals surface area contributed by atoms with Gasteiger partial charge < -0.3 is 18.6 Å². The smallest absolute Gasteiger partial charge is 0.306 e. The van der Waals surface area contributed by atoms with E-state index in [0.717, 1.165) is 51.6 Å². The monoisotopic (exact) mass is 592 g/mol. The summed E-state index contributed by atoms with van der Waals surface area (Å²) in [6.07, 6.45) is 19.1. The minimum absolute atomic E-state index is 0.0179. The normalized spacial score (nSPS) is 25.0. The maximum absolute atomic E-state index is 13.4. The second-order valence-corrected chi connectivity index (χ2v) is 18.5. The van der Waals surface area contributed by atoms with Crippen molar-refractivity contribution >= 4 is 20.1 Å². The van der Waals surface area contributed by atoms with Gasteiger partial charge in [0.25, 0.3) is 0 Å². The average molecular weight is 593 g/mol. The molecule has 2 aliphatic rings. The molecule has 1 saturated heterocycles. The van der Waals surface area contributed by atoms with Crippen LogP contribution in [0, 0.1) is 11.8 Å². The molecular weight excluding hydrogens is 532 g/mol. The second-order valence-electron chi connectivity index (χ2n) is 13.8. The number of carbonyl (C=O) groups is 2. The molecule has 7 heteroatoms. The number of Topliss-reactive ketones (excluding diaryl/α,β-unsaturated/α-hetero) is 1. The van der Waals surface area contributed by atoms with E-state index < -0.39 is 8.32 Å².